The van der Waals surface area contributed by atoms with Crippen molar-refractivity contribution in [3.05, 3.63) is 0 Å². The summed E-state index contributed by atoms with van der Waals surface area (Å²) in [6.07, 6.45) is 6.26. The van der Waals surface area contributed by atoms with Crippen molar-refractivity contribution >= 4 is 0 Å². The summed E-state index contributed by atoms with van der Waals surface area (Å²) >= 11 is 0. The number of rotatable bonds is 5. The van der Waals surface area contributed by atoms with Gasteiger partial charge in [0.15, 0.2) is 0 Å². The molecule has 1 saturated heterocycles. The van der Waals surface area contributed by atoms with Crippen molar-refractivity contribution in [2.75, 3.05) is 33.7 Å². The molecule has 1 aliphatic heterocycles. The lowest BCUT2D eigenvalue weighted by molar-refractivity contribution is 0.0662. The summed E-state index contributed by atoms with van der Waals surface area (Å²) in [4.78, 5) is 5.01. The van der Waals surface area contributed by atoms with Crippen LogP contribution in [0.3, 0.4) is 0 Å². The summed E-state index contributed by atoms with van der Waals surface area (Å²) < 4.78 is 0. The van der Waals surface area contributed by atoms with E-state index in [1.165, 1.54) is 45.2 Å². The number of likely N-dealkylation sites (tertiary alicyclic amines) is 1. The normalized spacial score (nSPS) is 29.3. The SMILES string of the molecule is CCCC(C)N(C)C1(CN)CCCN(C)CC1. The van der Waals surface area contributed by atoms with Crippen LogP contribution in [0.25, 0.3) is 0 Å². The molecule has 3 nitrogen and oxygen atoms in total. The van der Waals surface area contributed by atoms with E-state index < -0.39 is 0 Å². The lowest BCUT2D eigenvalue weighted by Crippen LogP contribution is -2.55. The minimum atomic E-state index is 0.235. The molecule has 2 N–H and O–H groups in total. The van der Waals surface area contributed by atoms with Crippen molar-refractivity contribution < 1.29 is 0 Å². The van der Waals surface area contributed by atoms with Crippen molar-refractivity contribution in [1.29, 1.82) is 0 Å². The molecule has 0 amide bonds. The van der Waals surface area contributed by atoms with Gasteiger partial charge in [-0.1, -0.05) is 13.3 Å². The molecule has 0 spiro atoms. The topological polar surface area (TPSA) is 32.5 Å². The molecule has 0 radical (unpaired) electrons. The van der Waals surface area contributed by atoms with Gasteiger partial charge in [-0.25, -0.2) is 0 Å². The van der Waals surface area contributed by atoms with Gasteiger partial charge in [0.1, 0.15) is 0 Å². The Morgan fingerprint density at radius 1 is 1.35 bits per heavy atom. The standard InChI is InChI=1S/C14H31N3/c1-5-7-13(2)17(4)14(12-15)8-6-10-16(3)11-9-14/h13H,5-12,15H2,1-4H3. The zero-order chi connectivity index (χ0) is 12.9. The van der Waals surface area contributed by atoms with Gasteiger partial charge < -0.3 is 10.6 Å². The molecule has 0 aromatic rings. The molecule has 3 heteroatoms. The van der Waals surface area contributed by atoms with Crippen molar-refractivity contribution in [2.24, 2.45) is 5.73 Å². The summed E-state index contributed by atoms with van der Waals surface area (Å²) in [5.41, 5.74) is 6.36. The van der Waals surface area contributed by atoms with Gasteiger partial charge in [0.2, 0.25) is 0 Å². The number of hydrogen-bond acceptors (Lipinski definition) is 3. The van der Waals surface area contributed by atoms with Gasteiger partial charge in [0.05, 0.1) is 0 Å². The van der Waals surface area contributed by atoms with Crippen LogP contribution in [0.1, 0.15) is 46.0 Å². The monoisotopic (exact) mass is 241 g/mol. The smallest absolute Gasteiger partial charge is 0.0344 e. The second-order valence-corrected chi connectivity index (χ2v) is 5.83. The first-order valence-electron chi connectivity index (χ1n) is 7.17. The van der Waals surface area contributed by atoms with Gasteiger partial charge >= 0.3 is 0 Å². The Labute approximate surface area is 107 Å². The van der Waals surface area contributed by atoms with Crippen LogP contribution in [-0.2, 0) is 0 Å². The molecule has 1 heterocycles. The maximum Gasteiger partial charge on any atom is 0.0344 e. The van der Waals surface area contributed by atoms with E-state index in [4.69, 9.17) is 5.73 Å². The molecule has 1 fully saturated rings. The quantitative estimate of drug-likeness (QED) is 0.798. The Balaban J connectivity index is 2.71. The first-order chi connectivity index (χ1) is 8.05. The second-order valence-electron chi connectivity index (χ2n) is 5.83. The third-order valence-electron chi connectivity index (χ3n) is 4.64. The van der Waals surface area contributed by atoms with Crippen LogP contribution in [-0.4, -0.2) is 55.1 Å². The predicted molar refractivity (Wildman–Crippen MR) is 75.3 cm³/mol. The average Bonchev–Trinajstić information content (AvgIpc) is 2.51. The van der Waals surface area contributed by atoms with E-state index >= 15 is 0 Å². The van der Waals surface area contributed by atoms with Crippen LogP contribution < -0.4 is 5.73 Å². The van der Waals surface area contributed by atoms with Crippen LogP contribution in [0.15, 0.2) is 0 Å². The number of hydrogen-bond donors (Lipinski definition) is 1. The molecule has 2 atom stereocenters. The van der Waals surface area contributed by atoms with E-state index in [0.717, 1.165) is 6.54 Å². The fourth-order valence-corrected chi connectivity index (χ4v) is 3.09. The molecule has 0 aromatic carbocycles. The number of nitrogens with zero attached hydrogens (tertiary/aromatic N) is 2. The minimum Gasteiger partial charge on any atom is -0.329 e. The molecule has 2 unspecified atom stereocenters. The highest BCUT2D eigenvalue weighted by molar-refractivity contribution is 4.94. The zero-order valence-electron chi connectivity index (χ0n) is 12.2. The first-order valence-corrected chi connectivity index (χ1v) is 7.17. The Morgan fingerprint density at radius 2 is 2.06 bits per heavy atom. The van der Waals surface area contributed by atoms with Crippen molar-refractivity contribution in [2.45, 2.75) is 57.5 Å². The van der Waals surface area contributed by atoms with Gasteiger partial charge in [-0.3, -0.25) is 4.90 Å². The summed E-state index contributed by atoms with van der Waals surface area (Å²) in [6.45, 7) is 7.80. The van der Waals surface area contributed by atoms with Gasteiger partial charge in [0.25, 0.3) is 0 Å². The lowest BCUT2D eigenvalue weighted by Gasteiger charge is -2.44. The Bertz CT molecular complexity index is 220. The Morgan fingerprint density at radius 3 is 2.65 bits per heavy atom. The van der Waals surface area contributed by atoms with Crippen molar-refractivity contribution in [3.63, 3.8) is 0 Å². The third kappa shape index (κ3) is 3.67. The van der Waals surface area contributed by atoms with Crippen LogP contribution in [0.2, 0.25) is 0 Å². The van der Waals surface area contributed by atoms with Crippen LogP contribution in [0.4, 0.5) is 0 Å². The summed E-state index contributed by atoms with van der Waals surface area (Å²) in [5.74, 6) is 0. The highest BCUT2D eigenvalue weighted by Gasteiger charge is 2.36. The zero-order valence-corrected chi connectivity index (χ0v) is 12.2. The third-order valence-corrected chi connectivity index (χ3v) is 4.64. The summed E-state index contributed by atoms with van der Waals surface area (Å²) in [7, 11) is 4.50. The molecule has 0 saturated carbocycles. The molecule has 1 rings (SSSR count). The Kier molecular flexibility index (Phi) is 5.90. The van der Waals surface area contributed by atoms with Crippen molar-refractivity contribution in [1.82, 2.24) is 9.80 Å². The van der Waals surface area contributed by atoms with Crippen LogP contribution >= 0.6 is 0 Å². The lowest BCUT2D eigenvalue weighted by atomic mass is 9.87. The molecular formula is C14H31N3. The van der Waals surface area contributed by atoms with Gasteiger partial charge in [-0.2, -0.15) is 0 Å². The number of likely N-dealkylation sites (N-methyl/N-ethyl adjacent to an activating group) is 1. The summed E-state index contributed by atoms with van der Waals surface area (Å²) in [6, 6.07) is 0.645. The number of nitrogens with two attached hydrogens (primary N) is 1. The summed E-state index contributed by atoms with van der Waals surface area (Å²) in [5, 5.41) is 0. The maximum atomic E-state index is 6.13. The van der Waals surface area contributed by atoms with E-state index in [-0.39, 0.29) is 5.54 Å². The van der Waals surface area contributed by atoms with Crippen LogP contribution in [0.5, 0.6) is 0 Å². The van der Waals surface area contributed by atoms with E-state index in [9.17, 15) is 0 Å². The molecule has 1 aliphatic rings. The van der Waals surface area contributed by atoms with E-state index in [1.54, 1.807) is 0 Å². The molecule has 17 heavy (non-hydrogen) atoms. The second kappa shape index (κ2) is 6.72. The molecule has 0 aliphatic carbocycles. The first kappa shape index (κ1) is 14.9. The van der Waals surface area contributed by atoms with Crippen LogP contribution in [0, 0.1) is 0 Å². The van der Waals surface area contributed by atoms with Crippen molar-refractivity contribution in [3.8, 4) is 0 Å². The largest absolute Gasteiger partial charge is 0.329 e. The van der Waals surface area contributed by atoms with E-state index in [2.05, 4.69) is 37.7 Å². The minimum absolute atomic E-state index is 0.235. The van der Waals surface area contributed by atoms with E-state index in [0.29, 0.717) is 6.04 Å². The van der Waals surface area contributed by atoms with Gasteiger partial charge in [-0.15, -0.1) is 0 Å². The van der Waals surface area contributed by atoms with Gasteiger partial charge in [0, 0.05) is 18.1 Å². The molecule has 0 bridgehead atoms. The molecular weight excluding hydrogens is 210 g/mol. The van der Waals surface area contributed by atoms with Gasteiger partial charge in [-0.05, 0) is 59.8 Å². The highest BCUT2D eigenvalue weighted by Crippen LogP contribution is 2.29. The van der Waals surface area contributed by atoms with E-state index in [1.807, 2.05) is 0 Å². The molecule has 0 aromatic heterocycles. The Hall–Kier alpha value is -0.120. The fourth-order valence-electron chi connectivity index (χ4n) is 3.09. The predicted octanol–water partition coefficient (Wildman–Crippen LogP) is 1.92. The molecule has 102 valence electrons. The average molecular weight is 241 g/mol. The highest BCUT2D eigenvalue weighted by atomic mass is 15.2. The fraction of sp³-hybridized carbons (Fsp3) is 1.00. The maximum absolute atomic E-state index is 6.13.